The first-order valence-electron chi connectivity index (χ1n) is 21.7. The van der Waals surface area contributed by atoms with E-state index in [1.165, 1.54) is 6.42 Å². The number of methoxy groups -OCH3 is 1. The molecular formula is C46H70N4O8. The third-order valence-corrected chi connectivity index (χ3v) is 11.7. The smallest absolute Gasteiger partial charge is 0.325 e. The summed E-state index contributed by atoms with van der Waals surface area (Å²) >= 11 is 0. The molecule has 12 heteroatoms. The summed E-state index contributed by atoms with van der Waals surface area (Å²) in [6.45, 7) is 7.09. The molecule has 0 aromatic heterocycles. The van der Waals surface area contributed by atoms with Crippen LogP contribution in [-0.4, -0.2) is 97.6 Å². The molecule has 1 saturated carbocycles. The Bertz CT molecular complexity index is 1500. The van der Waals surface area contributed by atoms with Crippen molar-refractivity contribution in [2.24, 2.45) is 17.8 Å². The third-order valence-electron chi connectivity index (χ3n) is 11.7. The van der Waals surface area contributed by atoms with Gasteiger partial charge in [0.15, 0.2) is 0 Å². The zero-order chi connectivity index (χ0) is 41.7. The van der Waals surface area contributed by atoms with Gasteiger partial charge in [0.05, 0.1) is 30.3 Å². The van der Waals surface area contributed by atoms with Crippen molar-refractivity contribution in [2.45, 2.75) is 141 Å². The molecule has 322 valence electrons. The van der Waals surface area contributed by atoms with Crippen LogP contribution in [0.3, 0.4) is 0 Å². The first-order chi connectivity index (χ1) is 28.1. The molecule has 58 heavy (non-hydrogen) atoms. The number of aliphatic hydroxyl groups excluding tert-OH is 1. The van der Waals surface area contributed by atoms with Crippen LogP contribution in [-0.2, 0) is 46.4 Å². The second-order valence-corrected chi connectivity index (χ2v) is 16.6. The summed E-state index contributed by atoms with van der Waals surface area (Å²) in [5.41, 5.74) is 1.85. The van der Waals surface area contributed by atoms with Crippen molar-refractivity contribution < 1.29 is 38.5 Å². The van der Waals surface area contributed by atoms with Crippen LogP contribution in [0.4, 0.5) is 0 Å². The van der Waals surface area contributed by atoms with Gasteiger partial charge in [0.2, 0.25) is 17.7 Å². The van der Waals surface area contributed by atoms with Gasteiger partial charge < -0.3 is 34.9 Å². The summed E-state index contributed by atoms with van der Waals surface area (Å²) in [5.74, 6) is -1.58. The molecule has 0 radical (unpaired) electrons. The summed E-state index contributed by atoms with van der Waals surface area (Å²) in [6, 6.07) is 17.3. The molecule has 1 aliphatic carbocycles. The van der Waals surface area contributed by atoms with Crippen molar-refractivity contribution >= 4 is 23.7 Å². The molecule has 0 spiro atoms. The highest BCUT2D eigenvalue weighted by molar-refractivity contribution is 5.86. The minimum atomic E-state index is -1.01. The molecule has 1 aliphatic heterocycles. The van der Waals surface area contributed by atoms with Gasteiger partial charge in [0.1, 0.15) is 19.9 Å². The molecule has 2 fully saturated rings. The number of esters is 1. The van der Waals surface area contributed by atoms with E-state index in [1.807, 2.05) is 79.4 Å². The molecule has 3 amide bonds. The molecule has 2 aromatic carbocycles. The quantitative estimate of drug-likeness (QED) is 0.0773. The maximum atomic E-state index is 14.5. The molecular weight excluding hydrogens is 737 g/mol. The number of piperidine rings is 1. The summed E-state index contributed by atoms with van der Waals surface area (Å²) in [6.07, 6.45) is 9.20. The van der Waals surface area contributed by atoms with E-state index < -0.39 is 36.1 Å². The highest BCUT2D eigenvalue weighted by atomic mass is 16.7. The normalized spacial score (nSPS) is 17.9. The number of hydrogen-bond donors (Lipinski definition) is 4. The van der Waals surface area contributed by atoms with Crippen LogP contribution in [0, 0.1) is 17.8 Å². The molecule has 4 rings (SSSR count). The fourth-order valence-corrected chi connectivity index (χ4v) is 8.20. The van der Waals surface area contributed by atoms with Crippen LogP contribution in [0.1, 0.15) is 109 Å². The predicted octanol–water partition coefficient (Wildman–Crippen LogP) is 5.70. The van der Waals surface area contributed by atoms with E-state index in [0.717, 1.165) is 49.7 Å². The number of benzene rings is 2. The topological polar surface area (TPSA) is 156 Å². The number of amides is 3. The van der Waals surface area contributed by atoms with Gasteiger partial charge in [-0.15, -0.1) is 0 Å². The van der Waals surface area contributed by atoms with E-state index >= 15 is 0 Å². The first kappa shape index (κ1) is 46.8. The molecule has 0 unspecified atom stereocenters. The van der Waals surface area contributed by atoms with Crippen LogP contribution in [0.2, 0.25) is 0 Å². The highest BCUT2D eigenvalue weighted by Gasteiger charge is 2.36. The van der Waals surface area contributed by atoms with Gasteiger partial charge in [-0.1, -0.05) is 126 Å². The van der Waals surface area contributed by atoms with E-state index in [9.17, 15) is 24.3 Å². The lowest BCUT2D eigenvalue weighted by Gasteiger charge is -2.36. The Morgan fingerprint density at radius 2 is 1.52 bits per heavy atom. The second kappa shape index (κ2) is 25.6. The van der Waals surface area contributed by atoms with E-state index in [-0.39, 0.29) is 56.1 Å². The maximum Gasteiger partial charge on any atom is 0.325 e. The predicted molar refractivity (Wildman–Crippen MR) is 224 cm³/mol. The van der Waals surface area contributed by atoms with Crippen LogP contribution >= 0.6 is 0 Å². The highest BCUT2D eigenvalue weighted by Crippen LogP contribution is 2.30. The lowest BCUT2D eigenvalue weighted by Crippen LogP contribution is -2.58. The number of ether oxygens (including phenoxy) is 3. The van der Waals surface area contributed by atoms with Gasteiger partial charge in [-0.05, 0) is 61.5 Å². The molecule has 0 bridgehead atoms. The Hall–Kier alpha value is -3.84. The van der Waals surface area contributed by atoms with Gasteiger partial charge in [-0.3, -0.25) is 24.5 Å². The summed E-state index contributed by atoms with van der Waals surface area (Å²) < 4.78 is 16.2. The number of hydrogen-bond acceptors (Lipinski definition) is 9. The first-order valence-corrected chi connectivity index (χ1v) is 21.7. The number of nitrogens with zero attached hydrogens (tertiary/aromatic N) is 1. The van der Waals surface area contributed by atoms with Crippen LogP contribution < -0.4 is 16.0 Å². The third kappa shape index (κ3) is 16.1. The number of likely N-dealkylation sites (tertiary alicyclic amines) is 1. The minimum absolute atomic E-state index is 0.0305. The SMILES string of the molecule is CCCC[C@H](N[C@@H](Cc1ccccc1)C(=O)N1CCC(OCOC)CC1)C(=O)N[C@@H](CC1CCCCC1)[C@@H](O)C[C@H](C(=O)NCC(=O)OCc1ccccc1)C(C)C. The van der Waals surface area contributed by atoms with E-state index in [2.05, 4.69) is 22.9 Å². The molecule has 2 aromatic rings. The Kier molecular flexibility index (Phi) is 20.7. The molecule has 5 atom stereocenters. The van der Waals surface area contributed by atoms with Gasteiger partial charge >= 0.3 is 5.97 Å². The van der Waals surface area contributed by atoms with E-state index in [0.29, 0.717) is 51.1 Å². The number of unbranched alkanes of at least 4 members (excludes halogenated alkanes) is 1. The van der Waals surface area contributed by atoms with Gasteiger partial charge in [0.25, 0.3) is 0 Å². The lowest BCUT2D eigenvalue weighted by atomic mass is 9.81. The molecule has 1 heterocycles. The monoisotopic (exact) mass is 807 g/mol. The van der Waals surface area contributed by atoms with Crippen molar-refractivity contribution in [3.63, 3.8) is 0 Å². The maximum absolute atomic E-state index is 14.5. The van der Waals surface area contributed by atoms with Crippen molar-refractivity contribution in [1.82, 2.24) is 20.9 Å². The van der Waals surface area contributed by atoms with Crippen LogP contribution in [0.15, 0.2) is 60.7 Å². The second-order valence-electron chi connectivity index (χ2n) is 16.6. The van der Waals surface area contributed by atoms with E-state index in [1.54, 1.807) is 7.11 Å². The van der Waals surface area contributed by atoms with Crippen molar-refractivity contribution in [1.29, 1.82) is 0 Å². The summed E-state index contributed by atoms with van der Waals surface area (Å²) in [5, 5.41) is 21.4. The van der Waals surface area contributed by atoms with Crippen molar-refractivity contribution in [3.8, 4) is 0 Å². The Morgan fingerprint density at radius 1 is 0.862 bits per heavy atom. The fourth-order valence-electron chi connectivity index (χ4n) is 8.20. The Balaban J connectivity index is 1.47. The largest absolute Gasteiger partial charge is 0.460 e. The number of carbonyl (C=O) groups is 4. The standard InChI is InChI=1S/C46H70N4O8/c1-5-6-22-39(48-41(28-35-18-12-8-13-19-35)46(55)50-25-23-37(24-26-50)58-32-56-4)45(54)49-40(27-34-16-10-7-11-17-34)42(51)29-38(33(2)3)44(53)47-30-43(52)57-31-36-20-14-9-15-21-36/h8-9,12-15,18-21,33-34,37-42,48,51H,5-7,10-11,16-17,22-32H2,1-4H3,(H,47,53)(H,49,54)/t38-,39-,40-,41-,42-/m0/s1. The van der Waals surface area contributed by atoms with Crippen LogP contribution in [0.5, 0.6) is 0 Å². The van der Waals surface area contributed by atoms with Crippen molar-refractivity contribution in [3.05, 3.63) is 71.8 Å². The van der Waals surface area contributed by atoms with Gasteiger partial charge in [-0.25, -0.2) is 0 Å². The molecule has 2 aliphatic rings. The minimum Gasteiger partial charge on any atom is -0.460 e. The number of rotatable bonds is 24. The fraction of sp³-hybridized carbons (Fsp3) is 0.652. The number of aliphatic hydroxyl groups is 1. The average Bonchev–Trinajstić information content (AvgIpc) is 3.24. The lowest BCUT2D eigenvalue weighted by molar-refractivity contribution is -0.146. The Morgan fingerprint density at radius 3 is 2.14 bits per heavy atom. The average molecular weight is 807 g/mol. The zero-order valence-corrected chi connectivity index (χ0v) is 35.4. The van der Waals surface area contributed by atoms with Crippen LogP contribution in [0.25, 0.3) is 0 Å². The summed E-state index contributed by atoms with van der Waals surface area (Å²) in [7, 11) is 1.60. The van der Waals surface area contributed by atoms with E-state index in [4.69, 9.17) is 14.2 Å². The van der Waals surface area contributed by atoms with Crippen molar-refractivity contribution in [2.75, 3.05) is 33.5 Å². The number of nitrogens with one attached hydrogen (secondary N) is 3. The number of carbonyl (C=O) groups excluding carboxylic acids is 4. The van der Waals surface area contributed by atoms with Gasteiger partial charge in [0, 0.05) is 26.1 Å². The summed E-state index contributed by atoms with van der Waals surface area (Å²) in [4.78, 5) is 56.6. The molecule has 12 nitrogen and oxygen atoms in total. The van der Waals surface area contributed by atoms with Gasteiger partial charge in [-0.2, -0.15) is 0 Å². The zero-order valence-electron chi connectivity index (χ0n) is 35.4. The molecule has 4 N–H and O–H groups in total. The Labute approximate surface area is 346 Å². The molecule has 1 saturated heterocycles.